The summed E-state index contributed by atoms with van der Waals surface area (Å²) in [7, 11) is 0. The van der Waals surface area contributed by atoms with Crippen molar-refractivity contribution in [2.75, 3.05) is 18.4 Å². The zero-order valence-electron chi connectivity index (χ0n) is 12.1. The highest BCUT2D eigenvalue weighted by Crippen LogP contribution is 2.23. The number of nitriles is 1. The number of anilines is 1. The Balaban J connectivity index is 1.77. The van der Waals surface area contributed by atoms with E-state index in [1.807, 2.05) is 25.1 Å². The van der Waals surface area contributed by atoms with Crippen molar-refractivity contribution in [3.8, 4) is 6.07 Å². The predicted octanol–water partition coefficient (Wildman–Crippen LogP) is 3.45. The number of carbonyl (C=O) groups excluding carboxylic acids is 1. The molecule has 0 atom stereocenters. The summed E-state index contributed by atoms with van der Waals surface area (Å²) in [6.07, 6.45) is 2.24. The molecule has 5 nitrogen and oxygen atoms in total. The molecule has 22 heavy (non-hydrogen) atoms. The van der Waals surface area contributed by atoms with Crippen molar-refractivity contribution >= 4 is 27.5 Å². The molecular weight excluding hydrogens is 346 g/mol. The van der Waals surface area contributed by atoms with Gasteiger partial charge < -0.3 is 15.1 Å². The molecule has 0 bridgehead atoms. The molecule has 114 valence electrons. The summed E-state index contributed by atoms with van der Waals surface area (Å²) in [6, 6.07) is 9.47. The van der Waals surface area contributed by atoms with E-state index in [-0.39, 0.29) is 5.91 Å². The summed E-state index contributed by atoms with van der Waals surface area (Å²) in [5.74, 6) is 0.148. The van der Waals surface area contributed by atoms with Crippen molar-refractivity contribution < 1.29 is 9.21 Å². The van der Waals surface area contributed by atoms with Gasteiger partial charge in [0, 0.05) is 23.1 Å². The van der Waals surface area contributed by atoms with E-state index >= 15 is 0 Å². The van der Waals surface area contributed by atoms with Crippen LogP contribution in [0, 0.1) is 18.3 Å². The fourth-order valence-electron chi connectivity index (χ4n) is 1.98. The lowest BCUT2D eigenvalue weighted by atomic mass is 10.2. The lowest BCUT2D eigenvalue weighted by molar-refractivity contribution is 0.0925. The summed E-state index contributed by atoms with van der Waals surface area (Å²) in [5.41, 5.74) is 2.19. The Morgan fingerprint density at radius 2 is 2.18 bits per heavy atom. The first-order chi connectivity index (χ1) is 10.6. The fraction of sp³-hybridized carbons (Fsp3) is 0.250. The average molecular weight is 362 g/mol. The molecule has 1 heterocycles. The van der Waals surface area contributed by atoms with Gasteiger partial charge >= 0.3 is 0 Å². The predicted molar refractivity (Wildman–Crippen MR) is 87.7 cm³/mol. The maximum Gasteiger partial charge on any atom is 0.287 e. The van der Waals surface area contributed by atoms with Crippen LogP contribution in [0.4, 0.5) is 5.69 Å². The van der Waals surface area contributed by atoms with Crippen molar-refractivity contribution in [2.45, 2.75) is 13.3 Å². The van der Waals surface area contributed by atoms with E-state index in [1.165, 1.54) is 6.26 Å². The van der Waals surface area contributed by atoms with Gasteiger partial charge in [0.1, 0.15) is 6.07 Å². The molecule has 2 N–H and O–H groups in total. The average Bonchev–Trinajstić information content (AvgIpc) is 2.93. The third-order valence-corrected chi connectivity index (χ3v) is 3.81. The van der Waals surface area contributed by atoms with E-state index in [0.29, 0.717) is 24.4 Å². The lowest BCUT2D eigenvalue weighted by Crippen LogP contribution is -2.26. The normalized spacial score (nSPS) is 10.0. The third-order valence-electron chi connectivity index (χ3n) is 3.15. The summed E-state index contributed by atoms with van der Waals surface area (Å²) >= 11 is 3.35. The van der Waals surface area contributed by atoms with Crippen LogP contribution in [0.15, 0.2) is 39.4 Å². The largest absolute Gasteiger partial charge is 0.459 e. The van der Waals surface area contributed by atoms with Gasteiger partial charge in [-0.1, -0.05) is 6.07 Å². The Morgan fingerprint density at radius 3 is 2.86 bits per heavy atom. The van der Waals surface area contributed by atoms with E-state index in [4.69, 9.17) is 9.68 Å². The van der Waals surface area contributed by atoms with Crippen LogP contribution in [-0.4, -0.2) is 19.0 Å². The number of carbonyl (C=O) groups is 1. The molecule has 0 aliphatic rings. The minimum atomic E-state index is -0.206. The van der Waals surface area contributed by atoms with Crippen LogP contribution in [0.25, 0.3) is 0 Å². The molecule has 0 fully saturated rings. The number of amides is 1. The van der Waals surface area contributed by atoms with Gasteiger partial charge in [-0.25, -0.2) is 0 Å². The van der Waals surface area contributed by atoms with Crippen LogP contribution in [-0.2, 0) is 0 Å². The molecular formula is C16H16BrN3O2. The van der Waals surface area contributed by atoms with E-state index < -0.39 is 0 Å². The van der Waals surface area contributed by atoms with Crippen LogP contribution >= 0.6 is 15.9 Å². The van der Waals surface area contributed by atoms with Crippen LogP contribution in [0.5, 0.6) is 0 Å². The number of rotatable bonds is 6. The molecule has 0 unspecified atom stereocenters. The topological polar surface area (TPSA) is 78.1 Å². The van der Waals surface area contributed by atoms with E-state index in [2.05, 4.69) is 32.6 Å². The van der Waals surface area contributed by atoms with Crippen molar-refractivity contribution in [3.63, 3.8) is 0 Å². The molecule has 0 aliphatic heterocycles. The standard InChI is InChI=1S/C16H16BrN3O2/c1-11-6-9-22-15(11)16(21)20-8-3-7-19-14-5-2-4-13(17)12(14)10-18/h2,4-6,9,19H,3,7-8H2,1H3,(H,20,21). The Bertz CT molecular complexity index is 704. The number of halogens is 1. The third kappa shape index (κ3) is 3.89. The fourth-order valence-corrected chi connectivity index (χ4v) is 2.44. The van der Waals surface area contributed by atoms with Crippen molar-refractivity contribution in [1.29, 1.82) is 5.26 Å². The summed E-state index contributed by atoms with van der Waals surface area (Å²) in [5, 5.41) is 15.1. The Morgan fingerprint density at radius 1 is 1.36 bits per heavy atom. The lowest BCUT2D eigenvalue weighted by Gasteiger charge is -2.09. The van der Waals surface area contributed by atoms with Gasteiger partial charge in [-0.15, -0.1) is 0 Å². The number of aryl methyl sites for hydroxylation is 1. The smallest absolute Gasteiger partial charge is 0.287 e. The molecule has 0 saturated carbocycles. The monoisotopic (exact) mass is 361 g/mol. The van der Waals surface area contributed by atoms with Gasteiger partial charge in [-0.2, -0.15) is 5.26 Å². The van der Waals surface area contributed by atoms with E-state index in [1.54, 1.807) is 6.07 Å². The van der Waals surface area contributed by atoms with Crippen molar-refractivity contribution in [3.05, 3.63) is 51.9 Å². The molecule has 2 aromatic rings. The molecule has 0 aliphatic carbocycles. The van der Waals surface area contributed by atoms with Gasteiger partial charge in [0.25, 0.3) is 5.91 Å². The minimum Gasteiger partial charge on any atom is -0.459 e. The molecule has 1 amide bonds. The quantitative estimate of drug-likeness (QED) is 0.772. The number of nitrogens with zero attached hydrogens (tertiary/aromatic N) is 1. The number of hydrogen-bond acceptors (Lipinski definition) is 4. The molecule has 1 aromatic heterocycles. The highest BCUT2D eigenvalue weighted by molar-refractivity contribution is 9.10. The zero-order valence-corrected chi connectivity index (χ0v) is 13.7. The highest BCUT2D eigenvalue weighted by Gasteiger charge is 2.11. The molecule has 2 rings (SSSR count). The number of nitrogens with one attached hydrogen (secondary N) is 2. The Labute approximate surface area is 137 Å². The second-order valence-corrected chi connectivity index (χ2v) is 5.60. The Hall–Kier alpha value is -2.26. The second kappa shape index (κ2) is 7.66. The molecule has 6 heteroatoms. The molecule has 0 radical (unpaired) electrons. The number of furan rings is 1. The molecule has 1 aromatic carbocycles. The van der Waals surface area contributed by atoms with Crippen LogP contribution < -0.4 is 10.6 Å². The highest BCUT2D eigenvalue weighted by atomic mass is 79.9. The summed E-state index contributed by atoms with van der Waals surface area (Å²) in [6.45, 7) is 3.01. The number of benzene rings is 1. The Kier molecular flexibility index (Phi) is 5.61. The van der Waals surface area contributed by atoms with Gasteiger partial charge in [-0.3, -0.25) is 4.79 Å². The van der Waals surface area contributed by atoms with Crippen molar-refractivity contribution in [2.24, 2.45) is 0 Å². The maximum absolute atomic E-state index is 11.8. The van der Waals surface area contributed by atoms with Gasteiger partial charge in [0.15, 0.2) is 5.76 Å². The van der Waals surface area contributed by atoms with E-state index in [0.717, 1.165) is 22.1 Å². The van der Waals surface area contributed by atoms with Gasteiger partial charge in [0.2, 0.25) is 0 Å². The summed E-state index contributed by atoms with van der Waals surface area (Å²) in [4.78, 5) is 11.8. The van der Waals surface area contributed by atoms with E-state index in [9.17, 15) is 4.79 Å². The van der Waals surface area contributed by atoms with Crippen LogP contribution in [0.2, 0.25) is 0 Å². The maximum atomic E-state index is 11.8. The first-order valence-electron chi connectivity index (χ1n) is 6.88. The van der Waals surface area contributed by atoms with Gasteiger partial charge in [0.05, 0.1) is 17.5 Å². The van der Waals surface area contributed by atoms with Crippen LogP contribution in [0.1, 0.15) is 28.1 Å². The van der Waals surface area contributed by atoms with Gasteiger partial charge in [-0.05, 0) is 47.5 Å². The summed E-state index contributed by atoms with van der Waals surface area (Å²) < 4.78 is 5.89. The minimum absolute atomic E-state index is 0.206. The molecule has 0 saturated heterocycles. The number of hydrogen-bond donors (Lipinski definition) is 2. The van der Waals surface area contributed by atoms with Crippen molar-refractivity contribution in [1.82, 2.24) is 5.32 Å². The first kappa shape index (κ1) is 16.1. The second-order valence-electron chi connectivity index (χ2n) is 4.74. The first-order valence-corrected chi connectivity index (χ1v) is 7.67. The zero-order chi connectivity index (χ0) is 15.9. The molecule has 0 spiro atoms. The SMILES string of the molecule is Cc1ccoc1C(=O)NCCCNc1cccc(Br)c1C#N. The van der Waals surface area contributed by atoms with Crippen LogP contribution in [0.3, 0.4) is 0 Å².